The van der Waals surface area contributed by atoms with Crippen LogP contribution in [0.5, 0.6) is 5.75 Å². The predicted octanol–water partition coefficient (Wildman–Crippen LogP) is 5.60. The van der Waals surface area contributed by atoms with Gasteiger partial charge in [0.15, 0.2) is 0 Å². The van der Waals surface area contributed by atoms with Crippen LogP contribution in [0.2, 0.25) is 10.0 Å². The summed E-state index contributed by atoms with van der Waals surface area (Å²) in [6, 6.07) is 15.8. The number of para-hydroxylation sites is 1. The molecule has 226 valence electrons. The summed E-state index contributed by atoms with van der Waals surface area (Å²) in [6.07, 6.45) is 3.70. The van der Waals surface area contributed by atoms with Crippen molar-refractivity contribution < 1.29 is 19.1 Å². The molecule has 3 amide bonds. The molecule has 43 heavy (non-hydrogen) atoms. The molecular formula is C31H32Cl3N5O4. The standard InChI is InChI=1S/C31H31Cl2N5O4.ClH/c1-5-26-36-30-24(37(26)3)7-6-8-25(30)42-18-21-22(32)14-15-23(29(21)33)38(4)28(40)17-35-27(39)16-11-19-9-12-20(13-10-19)31(41)34-2;/h6-16H,5,17-18H2,1-4H3,(H,34,41)(H,35,39);1H/b16-11+;. The maximum atomic E-state index is 12.9. The first-order valence-electron chi connectivity index (χ1n) is 13.2. The number of aromatic nitrogens is 2. The normalized spacial score (nSPS) is 10.8. The Morgan fingerprint density at radius 1 is 1.07 bits per heavy atom. The Kier molecular flexibility index (Phi) is 11.6. The number of ether oxygens (including phenoxy) is 1. The zero-order valence-electron chi connectivity index (χ0n) is 24.1. The van der Waals surface area contributed by atoms with Crippen molar-refractivity contribution >= 4 is 76.1 Å². The van der Waals surface area contributed by atoms with Gasteiger partial charge in [-0.2, -0.15) is 0 Å². The van der Waals surface area contributed by atoms with E-state index in [0.717, 1.165) is 28.8 Å². The largest absolute Gasteiger partial charge is 0.486 e. The highest BCUT2D eigenvalue weighted by molar-refractivity contribution is 6.38. The third kappa shape index (κ3) is 7.67. The quantitative estimate of drug-likeness (QED) is 0.219. The molecule has 0 saturated heterocycles. The summed E-state index contributed by atoms with van der Waals surface area (Å²) in [5.41, 5.74) is 3.90. The van der Waals surface area contributed by atoms with E-state index in [2.05, 4.69) is 10.6 Å². The summed E-state index contributed by atoms with van der Waals surface area (Å²) >= 11 is 13.2. The number of rotatable bonds is 10. The molecule has 0 aliphatic rings. The Hall–Kier alpha value is -4.05. The Labute approximate surface area is 266 Å². The summed E-state index contributed by atoms with van der Waals surface area (Å²) in [4.78, 5) is 42.9. The second-order valence-electron chi connectivity index (χ2n) is 9.42. The first kappa shape index (κ1) is 33.5. The number of aryl methyl sites for hydroxylation is 2. The molecule has 0 spiro atoms. The van der Waals surface area contributed by atoms with Crippen molar-refractivity contribution in [2.45, 2.75) is 20.0 Å². The van der Waals surface area contributed by atoms with Gasteiger partial charge >= 0.3 is 0 Å². The third-order valence-electron chi connectivity index (χ3n) is 6.80. The molecule has 0 fully saturated rings. The molecule has 0 atom stereocenters. The zero-order chi connectivity index (χ0) is 30.4. The molecule has 12 heteroatoms. The first-order valence-corrected chi connectivity index (χ1v) is 14.0. The average Bonchev–Trinajstić information content (AvgIpc) is 3.34. The molecule has 0 bridgehead atoms. The van der Waals surface area contributed by atoms with Crippen LogP contribution in [0.3, 0.4) is 0 Å². The van der Waals surface area contributed by atoms with E-state index in [9.17, 15) is 14.4 Å². The summed E-state index contributed by atoms with van der Waals surface area (Å²) in [7, 11) is 5.09. The fourth-order valence-electron chi connectivity index (χ4n) is 4.33. The van der Waals surface area contributed by atoms with E-state index in [1.54, 1.807) is 56.6 Å². The van der Waals surface area contributed by atoms with E-state index in [1.807, 2.05) is 36.7 Å². The van der Waals surface area contributed by atoms with Crippen LogP contribution in [0.1, 0.15) is 34.2 Å². The maximum Gasteiger partial charge on any atom is 0.251 e. The predicted molar refractivity (Wildman–Crippen MR) is 173 cm³/mol. The van der Waals surface area contributed by atoms with E-state index in [1.165, 1.54) is 11.0 Å². The number of hydrogen-bond donors (Lipinski definition) is 2. The van der Waals surface area contributed by atoms with Gasteiger partial charge in [-0.05, 0) is 48.0 Å². The number of carbonyl (C=O) groups excluding carboxylic acids is 3. The number of nitrogens with one attached hydrogen (secondary N) is 2. The Morgan fingerprint density at radius 2 is 1.79 bits per heavy atom. The Balaban J connectivity index is 0.00000506. The van der Waals surface area contributed by atoms with Crippen LogP contribution in [0, 0.1) is 0 Å². The molecule has 9 nitrogen and oxygen atoms in total. The number of halogens is 3. The lowest BCUT2D eigenvalue weighted by molar-refractivity contribution is -0.122. The minimum atomic E-state index is -0.446. The molecule has 1 aromatic heterocycles. The number of benzene rings is 3. The van der Waals surface area contributed by atoms with E-state index in [4.69, 9.17) is 32.9 Å². The van der Waals surface area contributed by atoms with Crippen molar-refractivity contribution in [2.24, 2.45) is 7.05 Å². The maximum absolute atomic E-state index is 12.9. The third-order valence-corrected chi connectivity index (χ3v) is 7.57. The monoisotopic (exact) mass is 643 g/mol. The van der Waals surface area contributed by atoms with Gasteiger partial charge in [0.1, 0.15) is 23.7 Å². The van der Waals surface area contributed by atoms with Crippen LogP contribution in [0.25, 0.3) is 17.1 Å². The van der Waals surface area contributed by atoms with Crippen molar-refractivity contribution in [1.29, 1.82) is 0 Å². The van der Waals surface area contributed by atoms with Gasteiger partial charge in [0, 0.05) is 49.8 Å². The van der Waals surface area contributed by atoms with E-state index >= 15 is 0 Å². The number of carbonyl (C=O) groups is 3. The van der Waals surface area contributed by atoms with Crippen molar-refractivity contribution in [2.75, 3.05) is 25.5 Å². The van der Waals surface area contributed by atoms with Crippen LogP contribution in [-0.4, -0.2) is 47.9 Å². The lowest BCUT2D eigenvalue weighted by Gasteiger charge is -2.21. The highest BCUT2D eigenvalue weighted by Gasteiger charge is 2.20. The second-order valence-corrected chi connectivity index (χ2v) is 10.2. The molecule has 2 N–H and O–H groups in total. The number of imidazole rings is 1. The van der Waals surface area contributed by atoms with Gasteiger partial charge < -0.3 is 24.8 Å². The van der Waals surface area contributed by atoms with Crippen LogP contribution in [0.15, 0.2) is 60.7 Å². The first-order chi connectivity index (χ1) is 20.1. The minimum Gasteiger partial charge on any atom is -0.486 e. The molecule has 0 radical (unpaired) electrons. The fourth-order valence-corrected chi connectivity index (χ4v) is 4.94. The molecule has 4 aromatic rings. The van der Waals surface area contributed by atoms with Crippen LogP contribution in [0.4, 0.5) is 5.69 Å². The molecule has 0 unspecified atom stereocenters. The summed E-state index contributed by atoms with van der Waals surface area (Å²) < 4.78 is 8.14. The summed E-state index contributed by atoms with van der Waals surface area (Å²) in [5.74, 6) is 0.520. The average molecular weight is 645 g/mol. The number of amides is 3. The van der Waals surface area contributed by atoms with Crippen LogP contribution in [-0.2, 0) is 29.7 Å². The highest BCUT2D eigenvalue weighted by Crippen LogP contribution is 2.35. The lowest BCUT2D eigenvalue weighted by Crippen LogP contribution is -2.37. The molecule has 0 saturated carbocycles. The molecule has 1 heterocycles. The van der Waals surface area contributed by atoms with E-state index in [-0.39, 0.29) is 42.4 Å². The van der Waals surface area contributed by atoms with Gasteiger partial charge in [-0.1, -0.05) is 48.3 Å². The van der Waals surface area contributed by atoms with Crippen molar-refractivity contribution in [3.8, 4) is 5.75 Å². The van der Waals surface area contributed by atoms with Gasteiger partial charge in [0.2, 0.25) is 11.8 Å². The smallest absolute Gasteiger partial charge is 0.251 e. The topological polar surface area (TPSA) is 106 Å². The van der Waals surface area contributed by atoms with Gasteiger partial charge in [-0.15, -0.1) is 12.4 Å². The molecule has 4 rings (SSSR count). The van der Waals surface area contributed by atoms with Crippen LogP contribution >= 0.6 is 35.6 Å². The second kappa shape index (κ2) is 14.9. The summed E-state index contributed by atoms with van der Waals surface area (Å²) in [6.45, 7) is 1.86. The van der Waals surface area contributed by atoms with E-state index < -0.39 is 5.91 Å². The van der Waals surface area contributed by atoms with Crippen molar-refractivity contribution in [3.05, 3.63) is 93.2 Å². The van der Waals surface area contributed by atoms with E-state index in [0.29, 0.717) is 27.6 Å². The zero-order valence-corrected chi connectivity index (χ0v) is 26.4. The van der Waals surface area contributed by atoms with Gasteiger partial charge in [-0.25, -0.2) is 4.98 Å². The Bertz CT molecular complexity index is 1670. The van der Waals surface area contributed by atoms with Gasteiger partial charge in [-0.3, -0.25) is 14.4 Å². The van der Waals surface area contributed by atoms with Crippen molar-refractivity contribution in [1.82, 2.24) is 20.2 Å². The minimum absolute atomic E-state index is 0. The molecule has 0 aliphatic heterocycles. The number of likely N-dealkylation sites (N-methyl/N-ethyl adjacent to an activating group) is 1. The fraction of sp³-hybridized carbons (Fsp3) is 0.226. The molecule has 3 aromatic carbocycles. The highest BCUT2D eigenvalue weighted by atomic mass is 35.5. The molecular weight excluding hydrogens is 613 g/mol. The number of nitrogens with zero attached hydrogens (tertiary/aromatic N) is 3. The SMILES string of the molecule is CCc1nc2c(OCc3c(Cl)ccc(N(C)C(=O)CNC(=O)/C=C/c4ccc(C(=O)NC)cc4)c3Cl)cccc2n1C.Cl. The summed E-state index contributed by atoms with van der Waals surface area (Å²) in [5, 5.41) is 5.80. The molecule has 0 aliphatic carbocycles. The Morgan fingerprint density at radius 3 is 2.47 bits per heavy atom. The number of hydrogen-bond acceptors (Lipinski definition) is 5. The number of fused-ring (bicyclic) bond motifs is 1. The van der Waals surface area contributed by atoms with Gasteiger partial charge in [0.25, 0.3) is 5.91 Å². The van der Waals surface area contributed by atoms with Crippen LogP contribution < -0.4 is 20.3 Å². The number of anilines is 1. The lowest BCUT2D eigenvalue weighted by atomic mass is 10.1. The van der Waals surface area contributed by atoms with Gasteiger partial charge in [0.05, 0.1) is 22.8 Å². The van der Waals surface area contributed by atoms with Crippen molar-refractivity contribution in [3.63, 3.8) is 0 Å².